The van der Waals surface area contributed by atoms with Gasteiger partial charge in [-0.25, -0.2) is 0 Å². The zero-order valence-corrected chi connectivity index (χ0v) is 10.1. The second-order valence-corrected chi connectivity index (χ2v) is 4.49. The molecule has 1 atom stereocenters. The van der Waals surface area contributed by atoms with E-state index in [1.165, 1.54) is 4.68 Å². The first-order valence-electron chi connectivity index (χ1n) is 5.41. The molecule has 0 fully saturated rings. The summed E-state index contributed by atoms with van der Waals surface area (Å²) in [6.07, 6.45) is 0.303. The molecule has 6 nitrogen and oxygen atoms in total. The number of hydrogen-bond acceptors (Lipinski definition) is 5. The number of hydrogen-bond donors (Lipinski definition) is 2. The molecule has 1 aliphatic rings. The molecule has 2 aromatic rings. The fraction of sp³-hybridized carbons (Fsp3) is 0.182. The topological polar surface area (TPSA) is 85.8 Å². The van der Waals surface area contributed by atoms with Crippen molar-refractivity contribution in [1.29, 1.82) is 0 Å². The average Bonchev–Trinajstić information content (AvgIpc) is 2.71. The Kier molecular flexibility index (Phi) is 2.45. The summed E-state index contributed by atoms with van der Waals surface area (Å²) in [5.41, 5.74) is 6.44. The smallest absolute Gasteiger partial charge is 0.252 e. The van der Waals surface area contributed by atoms with Crippen LogP contribution in [0.4, 0.5) is 11.9 Å². The Balaban J connectivity index is 1.94. The minimum atomic E-state index is -0.133. The molecule has 0 unspecified atom stereocenters. The third-order valence-electron chi connectivity index (χ3n) is 2.81. The van der Waals surface area contributed by atoms with Gasteiger partial charge >= 0.3 is 0 Å². The van der Waals surface area contributed by atoms with Crippen LogP contribution >= 0.6 is 11.6 Å². The zero-order chi connectivity index (χ0) is 12.7. The largest absolute Gasteiger partial charge is 0.366 e. The van der Waals surface area contributed by atoms with Crippen LogP contribution in [0.15, 0.2) is 24.3 Å². The first-order valence-corrected chi connectivity index (χ1v) is 5.79. The van der Waals surface area contributed by atoms with Gasteiger partial charge in [0, 0.05) is 5.02 Å². The van der Waals surface area contributed by atoms with Gasteiger partial charge in [-0.1, -0.05) is 23.7 Å². The molecule has 0 amide bonds. The number of nitrogens with two attached hydrogens (primary N) is 1. The predicted octanol–water partition coefficient (Wildman–Crippen LogP) is 1.71. The van der Waals surface area contributed by atoms with Crippen molar-refractivity contribution in [3.63, 3.8) is 0 Å². The van der Waals surface area contributed by atoms with Crippen LogP contribution < -0.4 is 11.1 Å². The Labute approximate surface area is 108 Å². The molecular weight excluding hydrogens is 254 g/mol. The van der Waals surface area contributed by atoms with Gasteiger partial charge in [-0.15, -0.1) is 5.10 Å². The summed E-state index contributed by atoms with van der Waals surface area (Å²) in [6, 6.07) is 7.20. The standard InChI is InChI=1S/C11H10ClN5O/c12-7-3-1-6(2-4-7)8-5-9(18)17-11(14-8)15-10(13)16-17/h1-4,8H,5H2,(H3,13,14,15,16)/t8-/m0/s1. The summed E-state index contributed by atoms with van der Waals surface area (Å²) in [4.78, 5) is 15.9. The van der Waals surface area contributed by atoms with Gasteiger partial charge in [0.25, 0.3) is 5.91 Å². The number of aromatic nitrogens is 3. The van der Waals surface area contributed by atoms with Crippen LogP contribution in [0.2, 0.25) is 5.02 Å². The molecule has 0 aliphatic carbocycles. The van der Waals surface area contributed by atoms with Crippen molar-refractivity contribution >= 4 is 29.4 Å². The molecule has 0 radical (unpaired) electrons. The SMILES string of the molecule is Nc1nc2n(n1)C(=O)C[C@@H](c1ccc(Cl)cc1)N2. The third kappa shape index (κ3) is 1.80. The van der Waals surface area contributed by atoms with Crippen molar-refractivity contribution in [2.75, 3.05) is 11.1 Å². The monoisotopic (exact) mass is 263 g/mol. The van der Waals surface area contributed by atoms with Gasteiger partial charge in [0.1, 0.15) is 0 Å². The van der Waals surface area contributed by atoms with Gasteiger partial charge in [-0.3, -0.25) is 4.79 Å². The van der Waals surface area contributed by atoms with Gasteiger partial charge < -0.3 is 11.1 Å². The Morgan fingerprint density at radius 1 is 1.39 bits per heavy atom. The number of nitrogen functional groups attached to an aromatic ring is 1. The van der Waals surface area contributed by atoms with Crippen LogP contribution in [-0.4, -0.2) is 20.7 Å². The number of carbonyl (C=O) groups is 1. The van der Waals surface area contributed by atoms with Crippen molar-refractivity contribution < 1.29 is 4.79 Å². The molecule has 0 saturated carbocycles. The highest BCUT2D eigenvalue weighted by Crippen LogP contribution is 2.28. The lowest BCUT2D eigenvalue weighted by Gasteiger charge is -2.23. The molecule has 3 rings (SSSR count). The van der Waals surface area contributed by atoms with Gasteiger partial charge in [0.05, 0.1) is 12.5 Å². The molecule has 0 saturated heterocycles. The lowest BCUT2D eigenvalue weighted by Crippen LogP contribution is -2.28. The normalized spacial score (nSPS) is 18.3. The summed E-state index contributed by atoms with van der Waals surface area (Å²) in [5.74, 6) is 0.333. The molecule has 18 heavy (non-hydrogen) atoms. The van der Waals surface area contributed by atoms with E-state index in [2.05, 4.69) is 15.4 Å². The van der Waals surface area contributed by atoms with E-state index >= 15 is 0 Å². The first kappa shape index (κ1) is 11.0. The predicted molar refractivity (Wildman–Crippen MR) is 67.5 cm³/mol. The third-order valence-corrected chi connectivity index (χ3v) is 3.07. The van der Waals surface area contributed by atoms with Crippen molar-refractivity contribution in [2.45, 2.75) is 12.5 Å². The number of anilines is 2. The minimum absolute atomic E-state index is 0.0857. The van der Waals surface area contributed by atoms with E-state index in [-0.39, 0.29) is 17.9 Å². The molecule has 1 aliphatic heterocycles. The first-order chi connectivity index (χ1) is 8.63. The number of halogens is 1. The van der Waals surface area contributed by atoms with Crippen molar-refractivity contribution in [3.05, 3.63) is 34.9 Å². The number of nitrogens with one attached hydrogen (secondary N) is 1. The molecule has 92 valence electrons. The number of rotatable bonds is 1. The van der Waals surface area contributed by atoms with Crippen LogP contribution in [0, 0.1) is 0 Å². The fourth-order valence-corrected chi connectivity index (χ4v) is 2.09. The highest BCUT2D eigenvalue weighted by Gasteiger charge is 2.27. The van der Waals surface area contributed by atoms with E-state index in [0.29, 0.717) is 17.4 Å². The summed E-state index contributed by atoms with van der Waals surface area (Å²) in [7, 11) is 0. The zero-order valence-electron chi connectivity index (χ0n) is 9.30. The van der Waals surface area contributed by atoms with E-state index in [1.807, 2.05) is 12.1 Å². The molecule has 1 aromatic carbocycles. The van der Waals surface area contributed by atoms with Crippen LogP contribution in [0.25, 0.3) is 0 Å². The summed E-state index contributed by atoms with van der Waals surface area (Å²) >= 11 is 5.83. The maximum absolute atomic E-state index is 11.9. The molecular formula is C11H10ClN5O. The van der Waals surface area contributed by atoms with E-state index in [4.69, 9.17) is 17.3 Å². The van der Waals surface area contributed by atoms with Crippen molar-refractivity contribution in [3.8, 4) is 0 Å². The lowest BCUT2D eigenvalue weighted by atomic mass is 10.0. The summed E-state index contributed by atoms with van der Waals surface area (Å²) in [6.45, 7) is 0. The van der Waals surface area contributed by atoms with E-state index < -0.39 is 0 Å². The Morgan fingerprint density at radius 2 is 2.11 bits per heavy atom. The summed E-state index contributed by atoms with van der Waals surface area (Å²) in [5, 5.41) is 7.61. The van der Waals surface area contributed by atoms with Crippen LogP contribution in [-0.2, 0) is 0 Å². The molecule has 7 heteroatoms. The van der Waals surface area contributed by atoms with Gasteiger partial charge in [-0.2, -0.15) is 9.67 Å². The Bertz CT molecular complexity index is 606. The van der Waals surface area contributed by atoms with E-state index in [9.17, 15) is 4.79 Å². The average molecular weight is 264 g/mol. The van der Waals surface area contributed by atoms with E-state index in [1.54, 1.807) is 12.1 Å². The number of fused-ring (bicyclic) bond motifs is 1. The van der Waals surface area contributed by atoms with Crippen molar-refractivity contribution in [2.24, 2.45) is 0 Å². The second kappa shape index (κ2) is 3.99. The van der Waals surface area contributed by atoms with Gasteiger partial charge in [0.15, 0.2) is 0 Å². The van der Waals surface area contributed by atoms with Crippen LogP contribution in [0.1, 0.15) is 22.8 Å². The maximum atomic E-state index is 11.9. The number of carbonyl (C=O) groups excluding carboxylic acids is 1. The summed E-state index contributed by atoms with van der Waals surface area (Å²) < 4.78 is 1.20. The lowest BCUT2D eigenvalue weighted by molar-refractivity contribution is 0.0872. The van der Waals surface area contributed by atoms with Crippen LogP contribution in [0.3, 0.4) is 0 Å². The second-order valence-electron chi connectivity index (χ2n) is 4.05. The number of nitrogens with zero attached hydrogens (tertiary/aromatic N) is 3. The molecule has 0 bridgehead atoms. The quantitative estimate of drug-likeness (QED) is 0.818. The van der Waals surface area contributed by atoms with Gasteiger partial charge in [-0.05, 0) is 17.7 Å². The number of benzene rings is 1. The fourth-order valence-electron chi connectivity index (χ4n) is 1.96. The Hall–Kier alpha value is -2.08. The highest BCUT2D eigenvalue weighted by atomic mass is 35.5. The molecule has 1 aromatic heterocycles. The van der Waals surface area contributed by atoms with Crippen molar-refractivity contribution in [1.82, 2.24) is 14.8 Å². The Morgan fingerprint density at radius 3 is 2.83 bits per heavy atom. The van der Waals surface area contributed by atoms with Gasteiger partial charge in [0.2, 0.25) is 11.9 Å². The highest BCUT2D eigenvalue weighted by molar-refractivity contribution is 6.30. The molecule has 3 N–H and O–H groups in total. The van der Waals surface area contributed by atoms with Crippen LogP contribution in [0.5, 0.6) is 0 Å². The van der Waals surface area contributed by atoms with E-state index in [0.717, 1.165) is 5.56 Å². The maximum Gasteiger partial charge on any atom is 0.252 e. The minimum Gasteiger partial charge on any atom is -0.366 e. The molecule has 2 heterocycles. The molecule has 0 spiro atoms.